The number of nitrogens with one attached hydrogen (secondary N) is 2. The molecule has 0 unspecified atom stereocenters. The van der Waals surface area contributed by atoms with E-state index in [-0.39, 0.29) is 24.0 Å². The average Bonchev–Trinajstić information content (AvgIpc) is 3.11. The van der Waals surface area contributed by atoms with Gasteiger partial charge in [-0.1, -0.05) is 12.2 Å². The monoisotopic (exact) mass is 406 g/mol. The molecule has 1 fully saturated rings. The third-order valence-electron chi connectivity index (χ3n) is 4.00. The zero-order valence-electron chi connectivity index (χ0n) is 13.6. The minimum absolute atomic E-state index is 0. The third kappa shape index (κ3) is 6.55. The molecule has 0 spiro atoms. The predicted molar refractivity (Wildman–Crippen MR) is 102 cm³/mol. The minimum atomic E-state index is 0. The van der Waals surface area contributed by atoms with Crippen molar-refractivity contribution in [2.75, 3.05) is 19.6 Å². The summed E-state index contributed by atoms with van der Waals surface area (Å²) in [6, 6.07) is 1.98. The highest BCUT2D eigenvalue weighted by atomic mass is 127. The van der Waals surface area contributed by atoms with Crippen LogP contribution in [0.3, 0.4) is 0 Å². The van der Waals surface area contributed by atoms with Gasteiger partial charge in [-0.3, -0.25) is 9.89 Å². The minimum Gasteiger partial charge on any atom is -0.357 e. The molecule has 0 atom stereocenters. The molecular weight excluding hydrogens is 375 g/mol. The van der Waals surface area contributed by atoms with Gasteiger partial charge in [0.25, 0.3) is 0 Å². The van der Waals surface area contributed by atoms with Gasteiger partial charge in [0.2, 0.25) is 0 Å². The van der Waals surface area contributed by atoms with Crippen molar-refractivity contribution in [2.45, 2.75) is 64.6 Å². The fourth-order valence-electron chi connectivity index (χ4n) is 2.79. The van der Waals surface area contributed by atoms with Crippen LogP contribution in [0.1, 0.15) is 46.5 Å². The molecule has 0 aromatic heterocycles. The van der Waals surface area contributed by atoms with Crippen molar-refractivity contribution in [3.63, 3.8) is 0 Å². The molecule has 122 valence electrons. The summed E-state index contributed by atoms with van der Waals surface area (Å²) in [5, 5.41) is 6.87. The maximum absolute atomic E-state index is 4.73. The maximum Gasteiger partial charge on any atom is 0.191 e. The second-order valence-corrected chi connectivity index (χ2v) is 6.11. The van der Waals surface area contributed by atoms with Gasteiger partial charge in [-0.05, 0) is 46.5 Å². The van der Waals surface area contributed by atoms with Gasteiger partial charge >= 0.3 is 0 Å². The molecule has 21 heavy (non-hydrogen) atoms. The lowest BCUT2D eigenvalue weighted by Gasteiger charge is -2.25. The molecule has 0 heterocycles. The topological polar surface area (TPSA) is 39.7 Å². The van der Waals surface area contributed by atoms with Gasteiger partial charge < -0.3 is 10.6 Å². The largest absolute Gasteiger partial charge is 0.357 e. The summed E-state index contributed by atoms with van der Waals surface area (Å²) in [4.78, 5) is 7.32. The Balaban J connectivity index is 0.00000220. The maximum atomic E-state index is 4.73. The Morgan fingerprint density at radius 1 is 1.29 bits per heavy atom. The van der Waals surface area contributed by atoms with Crippen LogP contribution in [0.2, 0.25) is 0 Å². The van der Waals surface area contributed by atoms with Gasteiger partial charge in [-0.15, -0.1) is 24.0 Å². The summed E-state index contributed by atoms with van der Waals surface area (Å²) in [5.41, 5.74) is 0. The van der Waals surface area contributed by atoms with Crippen molar-refractivity contribution in [3.05, 3.63) is 12.2 Å². The number of aliphatic imine (C=N–C) groups is 1. The van der Waals surface area contributed by atoms with Crippen LogP contribution in [0.15, 0.2) is 17.1 Å². The molecule has 0 aliphatic heterocycles. The summed E-state index contributed by atoms with van der Waals surface area (Å²) >= 11 is 0. The fourth-order valence-corrected chi connectivity index (χ4v) is 2.79. The summed E-state index contributed by atoms with van der Waals surface area (Å²) in [6.45, 7) is 9.56. The van der Waals surface area contributed by atoms with E-state index >= 15 is 0 Å². The first kappa shape index (κ1) is 18.7. The first-order valence-corrected chi connectivity index (χ1v) is 8.16. The zero-order valence-corrected chi connectivity index (χ0v) is 16.0. The van der Waals surface area contributed by atoms with E-state index in [2.05, 4.69) is 48.5 Å². The molecule has 2 aliphatic rings. The number of hydrogen-bond acceptors (Lipinski definition) is 2. The summed E-state index contributed by atoms with van der Waals surface area (Å²) < 4.78 is 0. The van der Waals surface area contributed by atoms with E-state index in [9.17, 15) is 0 Å². The van der Waals surface area contributed by atoms with E-state index in [1.165, 1.54) is 12.8 Å². The van der Waals surface area contributed by atoms with Gasteiger partial charge in [0.1, 0.15) is 0 Å². The standard InChI is InChI=1S/C16H30N4.HI/c1-4-17-16(19-14-7-5-6-8-14)18-11-12-20(13(2)3)15-9-10-15;/h5-6,13-15H,4,7-12H2,1-3H3,(H2,17,18,19);1H. The predicted octanol–water partition coefficient (Wildman–Crippen LogP) is 2.75. The van der Waals surface area contributed by atoms with Crippen molar-refractivity contribution in [1.29, 1.82) is 0 Å². The highest BCUT2D eigenvalue weighted by molar-refractivity contribution is 14.0. The molecule has 0 bridgehead atoms. The van der Waals surface area contributed by atoms with Crippen LogP contribution in [-0.4, -0.2) is 48.6 Å². The fraction of sp³-hybridized carbons (Fsp3) is 0.812. The molecule has 0 amide bonds. The van der Waals surface area contributed by atoms with Crippen LogP contribution in [0, 0.1) is 0 Å². The Labute approximate surface area is 146 Å². The SMILES string of the molecule is CCNC(=NCCN(C(C)C)C1CC1)NC1CC=CC1.I. The van der Waals surface area contributed by atoms with Crippen LogP contribution >= 0.6 is 24.0 Å². The normalized spacial score (nSPS) is 19.2. The molecule has 0 saturated heterocycles. The number of rotatable bonds is 7. The lowest BCUT2D eigenvalue weighted by atomic mass is 10.2. The first-order valence-electron chi connectivity index (χ1n) is 8.16. The van der Waals surface area contributed by atoms with Gasteiger partial charge in [-0.2, -0.15) is 0 Å². The number of nitrogens with zero attached hydrogens (tertiary/aromatic N) is 2. The van der Waals surface area contributed by atoms with Gasteiger partial charge in [0.15, 0.2) is 5.96 Å². The Morgan fingerprint density at radius 3 is 2.48 bits per heavy atom. The Kier molecular flexibility index (Phi) is 8.63. The van der Waals surface area contributed by atoms with Crippen molar-refractivity contribution < 1.29 is 0 Å². The van der Waals surface area contributed by atoms with Crippen LogP contribution in [0.25, 0.3) is 0 Å². The number of hydrogen-bond donors (Lipinski definition) is 2. The van der Waals surface area contributed by atoms with Crippen LogP contribution in [0.5, 0.6) is 0 Å². The van der Waals surface area contributed by atoms with Crippen LogP contribution in [0.4, 0.5) is 0 Å². The molecular formula is C16H31IN4. The smallest absolute Gasteiger partial charge is 0.191 e. The zero-order chi connectivity index (χ0) is 14.4. The summed E-state index contributed by atoms with van der Waals surface area (Å²) in [6.07, 6.45) is 9.46. The van der Waals surface area contributed by atoms with E-state index in [4.69, 9.17) is 4.99 Å². The van der Waals surface area contributed by atoms with Crippen molar-refractivity contribution in [3.8, 4) is 0 Å². The van der Waals surface area contributed by atoms with Crippen LogP contribution < -0.4 is 10.6 Å². The molecule has 0 aromatic carbocycles. The van der Waals surface area contributed by atoms with Crippen molar-refractivity contribution in [1.82, 2.24) is 15.5 Å². The Hall–Kier alpha value is -0.300. The van der Waals surface area contributed by atoms with Gasteiger partial charge in [0, 0.05) is 31.2 Å². The Bertz CT molecular complexity index is 340. The molecule has 2 rings (SSSR count). The van der Waals surface area contributed by atoms with Gasteiger partial charge in [0.05, 0.1) is 6.54 Å². The third-order valence-corrected chi connectivity index (χ3v) is 4.00. The molecule has 2 aliphatic carbocycles. The molecule has 0 aromatic rings. The molecule has 2 N–H and O–H groups in total. The Morgan fingerprint density at radius 2 is 1.95 bits per heavy atom. The molecule has 5 heteroatoms. The lowest BCUT2D eigenvalue weighted by molar-refractivity contribution is 0.218. The quantitative estimate of drug-likeness (QED) is 0.296. The van der Waals surface area contributed by atoms with E-state index in [1.807, 2.05) is 0 Å². The summed E-state index contributed by atoms with van der Waals surface area (Å²) in [5.74, 6) is 0.973. The van der Waals surface area contributed by atoms with Crippen molar-refractivity contribution in [2.24, 2.45) is 4.99 Å². The van der Waals surface area contributed by atoms with Crippen molar-refractivity contribution >= 4 is 29.9 Å². The lowest BCUT2D eigenvalue weighted by Crippen LogP contribution is -2.43. The summed E-state index contributed by atoms with van der Waals surface area (Å²) in [7, 11) is 0. The van der Waals surface area contributed by atoms with E-state index in [0.29, 0.717) is 12.1 Å². The van der Waals surface area contributed by atoms with Gasteiger partial charge in [-0.25, -0.2) is 0 Å². The molecule has 0 radical (unpaired) electrons. The van der Waals surface area contributed by atoms with E-state index in [1.54, 1.807) is 0 Å². The van der Waals surface area contributed by atoms with E-state index in [0.717, 1.165) is 44.5 Å². The van der Waals surface area contributed by atoms with E-state index < -0.39 is 0 Å². The number of guanidine groups is 1. The second-order valence-electron chi connectivity index (χ2n) is 6.11. The highest BCUT2D eigenvalue weighted by Gasteiger charge is 2.30. The number of halogens is 1. The molecule has 1 saturated carbocycles. The average molecular weight is 406 g/mol. The second kappa shape index (κ2) is 9.66. The molecule has 4 nitrogen and oxygen atoms in total. The van der Waals surface area contributed by atoms with Crippen LogP contribution in [-0.2, 0) is 0 Å². The first-order chi connectivity index (χ1) is 9.70. The highest BCUT2D eigenvalue weighted by Crippen LogP contribution is 2.28.